The van der Waals surface area contributed by atoms with Crippen molar-refractivity contribution in [1.82, 2.24) is 5.32 Å². The topological polar surface area (TPSA) is 29.1 Å². The smallest absolute Gasteiger partial charge is 0.0485 e. The Morgan fingerprint density at radius 1 is 1.29 bits per heavy atom. The quantitative estimate of drug-likeness (QED) is 0.723. The molecule has 2 nitrogen and oxygen atoms in total. The van der Waals surface area contributed by atoms with Crippen LogP contribution >= 0.6 is 0 Å². The maximum atomic E-state index is 11.6. The van der Waals surface area contributed by atoms with E-state index in [-0.39, 0.29) is 0 Å². The van der Waals surface area contributed by atoms with Crippen LogP contribution in [0.4, 0.5) is 0 Å². The molecule has 0 heterocycles. The van der Waals surface area contributed by atoms with Crippen LogP contribution in [0.3, 0.4) is 0 Å². The zero-order chi connectivity index (χ0) is 10.2. The van der Waals surface area contributed by atoms with E-state index < -0.39 is 10.8 Å². The molecule has 1 N–H and O–H groups in total. The van der Waals surface area contributed by atoms with Crippen LogP contribution in [0.2, 0.25) is 0 Å². The van der Waals surface area contributed by atoms with Gasteiger partial charge in [0.05, 0.1) is 0 Å². The minimum Gasteiger partial charge on any atom is -0.320 e. The summed E-state index contributed by atoms with van der Waals surface area (Å²) in [6.07, 6.45) is 0.982. The summed E-state index contributed by atoms with van der Waals surface area (Å²) in [4.78, 5) is 0. The number of rotatable bonds is 6. The molecule has 1 aromatic carbocycles. The summed E-state index contributed by atoms with van der Waals surface area (Å²) in [6.45, 7) is 0.945. The van der Waals surface area contributed by atoms with Gasteiger partial charge in [0.2, 0.25) is 0 Å². The number of hydrogen-bond acceptors (Lipinski definition) is 2. The molecule has 0 bridgehead atoms. The summed E-state index contributed by atoms with van der Waals surface area (Å²) >= 11 is 0. The lowest BCUT2D eigenvalue weighted by Crippen LogP contribution is -2.11. The summed E-state index contributed by atoms with van der Waals surface area (Å²) < 4.78 is 11.6. The molecule has 0 aliphatic heterocycles. The summed E-state index contributed by atoms with van der Waals surface area (Å²) in [5.74, 6) is 1.47. The lowest BCUT2D eigenvalue weighted by molar-refractivity contribution is 0.676. The van der Waals surface area contributed by atoms with Gasteiger partial charge in [-0.15, -0.1) is 0 Å². The molecule has 1 aromatic rings. The van der Waals surface area contributed by atoms with Crippen LogP contribution in [0.25, 0.3) is 0 Å². The molecule has 0 fully saturated rings. The van der Waals surface area contributed by atoms with Gasteiger partial charge in [-0.2, -0.15) is 0 Å². The fourth-order valence-corrected chi connectivity index (χ4v) is 2.42. The van der Waals surface area contributed by atoms with Crippen molar-refractivity contribution in [1.29, 1.82) is 0 Å². The van der Waals surface area contributed by atoms with Crippen molar-refractivity contribution in [3.63, 3.8) is 0 Å². The van der Waals surface area contributed by atoms with Crippen LogP contribution in [-0.4, -0.2) is 23.6 Å². The van der Waals surface area contributed by atoms with Crippen molar-refractivity contribution in [2.45, 2.75) is 12.2 Å². The molecular formula is C11H17NOS. The molecule has 0 saturated heterocycles. The molecule has 1 atom stereocenters. The van der Waals surface area contributed by atoms with E-state index in [1.54, 1.807) is 0 Å². The fraction of sp³-hybridized carbons (Fsp3) is 0.455. The molecule has 1 rings (SSSR count). The molecular weight excluding hydrogens is 194 g/mol. The molecule has 0 spiro atoms. The summed E-state index contributed by atoms with van der Waals surface area (Å²) in [6, 6.07) is 10.00. The second-order valence-electron chi connectivity index (χ2n) is 3.23. The van der Waals surface area contributed by atoms with Crippen molar-refractivity contribution < 1.29 is 4.21 Å². The molecule has 0 radical (unpaired) electrons. The first-order valence-corrected chi connectivity index (χ1v) is 6.35. The van der Waals surface area contributed by atoms with Gasteiger partial charge >= 0.3 is 0 Å². The second kappa shape index (κ2) is 6.74. The first kappa shape index (κ1) is 11.4. The minimum absolute atomic E-state index is 0.685. The predicted octanol–water partition coefficient (Wildman–Crippen LogP) is 1.54. The van der Waals surface area contributed by atoms with Gasteiger partial charge in [0.25, 0.3) is 0 Å². The van der Waals surface area contributed by atoms with E-state index in [2.05, 4.69) is 5.32 Å². The molecule has 14 heavy (non-hydrogen) atoms. The molecule has 3 heteroatoms. The van der Waals surface area contributed by atoms with Crippen molar-refractivity contribution in [2.75, 3.05) is 19.3 Å². The van der Waals surface area contributed by atoms with Gasteiger partial charge in [-0.1, -0.05) is 30.3 Å². The van der Waals surface area contributed by atoms with Gasteiger partial charge in [-0.25, -0.2) is 0 Å². The number of nitrogens with one attached hydrogen (secondary N) is 1. The van der Waals surface area contributed by atoms with Gasteiger partial charge in [0.15, 0.2) is 0 Å². The molecule has 0 amide bonds. The maximum absolute atomic E-state index is 11.6. The average Bonchev–Trinajstić information content (AvgIpc) is 2.20. The van der Waals surface area contributed by atoms with Gasteiger partial charge < -0.3 is 5.32 Å². The van der Waals surface area contributed by atoms with Crippen molar-refractivity contribution >= 4 is 10.8 Å². The Bertz CT molecular complexity index is 274. The highest BCUT2D eigenvalue weighted by atomic mass is 32.2. The van der Waals surface area contributed by atoms with Gasteiger partial charge in [0, 0.05) is 22.3 Å². The Kier molecular flexibility index (Phi) is 5.49. The van der Waals surface area contributed by atoms with Crippen molar-refractivity contribution in [3.8, 4) is 0 Å². The Morgan fingerprint density at radius 3 is 2.64 bits per heavy atom. The molecule has 0 aliphatic rings. The highest BCUT2D eigenvalue weighted by Crippen LogP contribution is 2.03. The summed E-state index contributed by atoms with van der Waals surface area (Å²) in [5, 5.41) is 3.05. The Hall–Kier alpha value is -0.670. The zero-order valence-corrected chi connectivity index (χ0v) is 9.35. The first-order chi connectivity index (χ1) is 6.83. The minimum atomic E-state index is -0.712. The van der Waals surface area contributed by atoms with E-state index in [9.17, 15) is 4.21 Å². The Balaban J connectivity index is 2.27. The maximum Gasteiger partial charge on any atom is 0.0485 e. The van der Waals surface area contributed by atoms with Crippen LogP contribution in [0.5, 0.6) is 0 Å². The van der Waals surface area contributed by atoms with E-state index in [1.165, 1.54) is 0 Å². The van der Waals surface area contributed by atoms with E-state index in [1.807, 2.05) is 37.4 Å². The monoisotopic (exact) mass is 211 g/mol. The highest BCUT2D eigenvalue weighted by Gasteiger charge is 2.00. The predicted molar refractivity (Wildman–Crippen MR) is 61.7 cm³/mol. The van der Waals surface area contributed by atoms with Crippen LogP contribution in [0.15, 0.2) is 30.3 Å². The highest BCUT2D eigenvalue weighted by molar-refractivity contribution is 7.84. The van der Waals surface area contributed by atoms with Gasteiger partial charge in [0.1, 0.15) is 0 Å². The largest absolute Gasteiger partial charge is 0.320 e. The summed E-state index contributed by atoms with van der Waals surface area (Å²) in [5.41, 5.74) is 1.16. The number of benzene rings is 1. The lowest BCUT2D eigenvalue weighted by atomic mass is 10.2. The third kappa shape index (κ3) is 4.53. The fourth-order valence-electron chi connectivity index (χ4n) is 1.24. The third-order valence-electron chi connectivity index (χ3n) is 1.97. The first-order valence-electron chi connectivity index (χ1n) is 4.86. The number of hydrogen-bond donors (Lipinski definition) is 1. The van der Waals surface area contributed by atoms with Crippen molar-refractivity contribution in [3.05, 3.63) is 35.9 Å². The molecule has 78 valence electrons. The van der Waals surface area contributed by atoms with Crippen LogP contribution in [0.1, 0.15) is 12.0 Å². The van der Waals surface area contributed by atoms with E-state index in [4.69, 9.17) is 0 Å². The van der Waals surface area contributed by atoms with Crippen LogP contribution < -0.4 is 5.32 Å². The molecule has 0 saturated carbocycles. The molecule has 0 aliphatic carbocycles. The standard InChI is InChI=1S/C11H17NOS/c1-12-8-5-9-14(13)10-11-6-3-2-4-7-11/h2-4,6-7,12H,5,8-10H2,1H3. The lowest BCUT2D eigenvalue weighted by Gasteiger charge is -2.02. The van der Waals surface area contributed by atoms with E-state index >= 15 is 0 Å². The van der Waals surface area contributed by atoms with E-state index in [0.29, 0.717) is 5.75 Å². The zero-order valence-electron chi connectivity index (χ0n) is 8.53. The van der Waals surface area contributed by atoms with Gasteiger partial charge in [-0.3, -0.25) is 4.21 Å². The Morgan fingerprint density at radius 2 is 2.00 bits per heavy atom. The average molecular weight is 211 g/mol. The van der Waals surface area contributed by atoms with Crippen molar-refractivity contribution in [2.24, 2.45) is 0 Å². The van der Waals surface area contributed by atoms with Crippen LogP contribution in [-0.2, 0) is 16.6 Å². The second-order valence-corrected chi connectivity index (χ2v) is 4.81. The molecule has 1 unspecified atom stereocenters. The summed E-state index contributed by atoms with van der Waals surface area (Å²) in [7, 11) is 1.20. The van der Waals surface area contributed by atoms with E-state index in [0.717, 1.165) is 24.3 Å². The van der Waals surface area contributed by atoms with Gasteiger partial charge in [-0.05, 0) is 25.6 Å². The third-order valence-corrected chi connectivity index (χ3v) is 3.37. The SMILES string of the molecule is CNCCCS(=O)Cc1ccccc1. The van der Waals surface area contributed by atoms with Crippen LogP contribution in [0, 0.1) is 0 Å². The Labute approximate surface area is 88.2 Å². The normalized spacial score (nSPS) is 12.6. The molecule has 0 aromatic heterocycles.